The van der Waals surface area contributed by atoms with E-state index >= 15 is 0 Å². The summed E-state index contributed by atoms with van der Waals surface area (Å²) >= 11 is 5.85. The molecule has 2 N–H and O–H groups in total. The maximum atomic E-state index is 5.85. The molecule has 15 heavy (non-hydrogen) atoms. The molecule has 0 spiro atoms. The lowest BCUT2D eigenvalue weighted by atomic mass is 9.81. The Bertz CT molecular complexity index is 317. The molecule has 0 aromatic heterocycles. The number of hydrogen-bond acceptors (Lipinski definition) is 2. The van der Waals surface area contributed by atoms with Gasteiger partial charge in [-0.3, -0.25) is 0 Å². The van der Waals surface area contributed by atoms with Crippen molar-refractivity contribution in [3.63, 3.8) is 0 Å². The molecule has 1 atom stereocenters. The molecule has 0 amide bonds. The average molecular weight is 226 g/mol. The Hall–Kier alpha value is -0.570. The Balaban J connectivity index is 2.09. The van der Waals surface area contributed by atoms with Crippen molar-refractivity contribution in [2.45, 2.75) is 12.8 Å². The van der Waals surface area contributed by atoms with E-state index in [1.807, 2.05) is 12.1 Å². The van der Waals surface area contributed by atoms with Crippen molar-refractivity contribution >= 4 is 11.6 Å². The van der Waals surface area contributed by atoms with Crippen LogP contribution in [0.2, 0.25) is 5.02 Å². The lowest BCUT2D eigenvalue weighted by Crippen LogP contribution is -2.33. The molecule has 0 bridgehead atoms. The molecule has 1 heterocycles. The SMILES string of the molecule is NCC1(Cc2ccc(Cl)cc2)CCOC1. The van der Waals surface area contributed by atoms with Crippen molar-refractivity contribution in [3.8, 4) is 0 Å². The lowest BCUT2D eigenvalue weighted by Gasteiger charge is -2.25. The van der Waals surface area contributed by atoms with Crippen LogP contribution < -0.4 is 5.73 Å². The highest BCUT2D eigenvalue weighted by atomic mass is 35.5. The molecule has 0 aliphatic carbocycles. The second-order valence-corrected chi connectivity index (χ2v) is 4.75. The van der Waals surface area contributed by atoms with Crippen molar-refractivity contribution in [1.82, 2.24) is 0 Å². The lowest BCUT2D eigenvalue weighted by molar-refractivity contribution is 0.154. The second-order valence-electron chi connectivity index (χ2n) is 4.31. The molecule has 2 rings (SSSR count). The smallest absolute Gasteiger partial charge is 0.0538 e. The summed E-state index contributed by atoms with van der Waals surface area (Å²) in [5, 5.41) is 0.781. The third-order valence-corrected chi connectivity index (χ3v) is 3.36. The van der Waals surface area contributed by atoms with E-state index in [9.17, 15) is 0 Å². The number of rotatable bonds is 3. The zero-order valence-electron chi connectivity index (χ0n) is 8.71. The van der Waals surface area contributed by atoms with E-state index in [4.69, 9.17) is 22.1 Å². The topological polar surface area (TPSA) is 35.2 Å². The Morgan fingerprint density at radius 3 is 2.60 bits per heavy atom. The molecule has 1 aromatic rings. The molecule has 3 heteroatoms. The van der Waals surface area contributed by atoms with E-state index in [1.54, 1.807) is 0 Å². The molecule has 82 valence electrons. The third-order valence-electron chi connectivity index (χ3n) is 3.11. The number of ether oxygens (including phenoxy) is 1. The third kappa shape index (κ3) is 2.51. The molecule has 1 aromatic carbocycles. The van der Waals surface area contributed by atoms with E-state index in [1.165, 1.54) is 5.56 Å². The standard InChI is InChI=1S/C12H16ClNO/c13-11-3-1-10(2-4-11)7-12(8-14)5-6-15-9-12/h1-4H,5-9,14H2. The maximum absolute atomic E-state index is 5.85. The Morgan fingerprint density at radius 2 is 2.07 bits per heavy atom. The van der Waals surface area contributed by atoms with Crippen molar-refractivity contribution in [2.75, 3.05) is 19.8 Å². The van der Waals surface area contributed by atoms with E-state index in [0.29, 0.717) is 6.54 Å². The number of benzene rings is 1. The van der Waals surface area contributed by atoms with Gasteiger partial charge in [0.25, 0.3) is 0 Å². The van der Waals surface area contributed by atoms with Gasteiger partial charge in [0.05, 0.1) is 6.61 Å². The molecule has 1 fully saturated rings. The first kappa shape index (κ1) is 10.9. The van der Waals surface area contributed by atoms with Crippen LogP contribution >= 0.6 is 11.6 Å². The molecule has 1 aliphatic rings. The Kier molecular flexibility index (Phi) is 3.29. The van der Waals surface area contributed by atoms with Gasteiger partial charge in [0.1, 0.15) is 0 Å². The van der Waals surface area contributed by atoms with Gasteiger partial charge in [-0.05, 0) is 30.5 Å². The van der Waals surface area contributed by atoms with Gasteiger partial charge in [-0.15, -0.1) is 0 Å². The minimum atomic E-state index is 0.147. The summed E-state index contributed by atoms with van der Waals surface area (Å²) in [7, 11) is 0. The van der Waals surface area contributed by atoms with Gasteiger partial charge in [0.2, 0.25) is 0 Å². The number of hydrogen-bond donors (Lipinski definition) is 1. The summed E-state index contributed by atoms with van der Waals surface area (Å²) in [4.78, 5) is 0. The van der Waals surface area contributed by atoms with Crippen molar-refractivity contribution in [3.05, 3.63) is 34.9 Å². The predicted octanol–water partition coefficient (Wildman–Crippen LogP) is 2.25. The summed E-state index contributed by atoms with van der Waals surface area (Å²) in [6.07, 6.45) is 2.05. The predicted molar refractivity (Wildman–Crippen MR) is 62.1 cm³/mol. The summed E-state index contributed by atoms with van der Waals surface area (Å²) < 4.78 is 5.44. The summed E-state index contributed by atoms with van der Waals surface area (Å²) in [5.41, 5.74) is 7.27. The fourth-order valence-corrected chi connectivity index (χ4v) is 2.18. The minimum absolute atomic E-state index is 0.147. The van der Waals surface area contributed by atoms with Crippen LogP contribution in [0.4, 0.5) is 0 Å². The van der Waals surface area contributed by atoms with Gasteiger partial charge in [0, 0.05) is 23.6 Å². The van der Waals surface area contributed by atoms with Gasteiger partial charge in [0.15, 0.2) is 0 Å². The monoisotopic (exact) mass is 225 g/mol. The molecule has 1 aliphatic heterocycles. The summed E-state index contributed by atoms with van der Waals surface area (Å²) in [6, 6.07) is 7.99. The van der Waals surface area contributed by atoms with Crippen LogP contribution in [0, 0.1) is 5.41 Å². The summed E-state index contributed by atoms with van der Waals surface area (Å²) in [6.45, 7) is 2.31. The largest absolute Gasteiger partial charge is 0.381 e. The van der Waals surface area contributed by atoms with Crippen LogP contribution in [0.5, 0.6) is 0 Å². The average Bonchev–Trinajstić information content (AvgIpc) is 2.71. The zero-order chi connectivity index (χ0) is 10.7. The Morgan fingerprint density at radius 1 is 1.33 bits per heavy atom. The van der Waals surface area contributed by atoms with Gasteiger partial charge >= 0.3 is 0 Å². The maximum Gasteiger partial charge on any atom is 0.0538 e. The van der Waals surface area contributed by atoms with Crippen molar-refractivity contribution in [1.29, 1.82) is 0 Å². The van der Waals surface area contributed by atoms with Gasteiger partial charge in [-0.25, -0.2) is 0 Å². The molecule has 0 saturated carbocycles. The molecular formula is C12H16ClNO. The molecule has 0 radical (unpaired) electrons. The van der Waals surface area contributed by atoms with E-state index in [0.717, 1.165) is 31.1 Å². The van der Waals surface area contributed by atoms with E-state index < -0.39 is 0 Å². The van der Waals surface area contributed by atoms with Crippen molar-refractivity contribution in [2.24, 2.45) is 11.1 Å². The second kappa shape index (κ2) is 4.52. The van der Waals surface area contributed by atoms with Crippen molar-refractivity contribution < 1.29 is 4.74 Å². The highest BCUT2D eigenvalue weighted by molar-refractivity contribution is 6.30. The minimum Gasteiger partial charge on any atom is -0.381 e. The normalized spacial score (nSPS) is 25.7. The highest BCUT2D eigenvalue weighted by Gasteiger charge is 2.33. The molecule has 1 saturated heterocycles. The number of nitrogens with two attached hydrogens (primary N) is 1. The van der Waals surface area contributed by atoms with Crippen LogP contribution in [-0.4, -0.2) is 19.8 Å². The van der Waals surface area contributed by atoms with Crippen LogP contribution in [0.1, 0.15) is 12.0 Å². The van der Waals surface area contributed by atoms with Crippen LogP contribution in [0.3, 0.4) is 0 Å². The van der Waals surface area contributed by atoms with Crippen LogP contribution in [0.25, 0.3) is 0 Å². The van der Waals surface area contributed by atoms with E-state index in [-0.39, 0.29) is 5.41 Å². The first-order valence-corrected chi connectivity index (χ1v) is 5.64. The Labute approximate surface area is 95.4 Å². The van der Waals surface area contributed by atoms with Gasteiger partial charge in [-0.2, -0.15) is 0 Å². The van der Waals surface area contributed by atoms with Gasteiger partial charge in [-0.1, -0.05) is 23.7 Å². The fourth-order valence-electron chi connectivity index (χ4n) is 2.06. The van der Waals surface area contributed by atoms with E-state index in [2.05, 4.69) is 12.1 Å². The molecular weight excluding hydrogens is 210 g/mol. The zero-order valence-corrected chi connectivity index (χ0v) is 9.46. The fraction of sp³-hybridized carbons (Fsp3) is 0.500. The van der Waals surface area contributed by atoms with Crippen LogP contribution in [-0.2, 0) is 11.2 Å². The molecule has 1 unspecified atom stereocenters. The quantitative estimate of drug-likeness (QED) is 0.857. The van der Waals surface area contributed by atoms with Crippen LogP contribution in [0.15, 0.2) is 24.3 Å². The highest BCUT2D eigenvalue weighted by Crippen LogP contribution is 2.31. The first-order valence-electron chi connectivity index (χ1n) is 5.26. The summed E-state index contributed by atoms with van der Waals surface area (Å²) in [5.74, 6) is 0. The number of halogens is 1. The first-order chi connectivity index (χ1) is 7.24. The van der Waals surface area contributed by atoms with Gasteiger partial charge < -0.3 is 10.5 Å². The molecule has 2 nitrogen and oxygen atoms in total.